The smallest absolute Gasteiger partial charge is 0.225 e. The molecule has 0 spiro atoms. The molecule has 6 heteroatoms. The molecule has 0 saturated carbocycles. The summed E-state index contributed by atoms with van der Waals surface area (Å²) in [5.74, 6) is 1.46. The molecule has 1 saturated heterocycles. The lowest BCUT2D eigenvalue weighted by Crippen LogP contribution is -2.39. The van der Waals surface area contributed by atoms with E-state index in [1.807, 2.05) is 66.4 Å². The van der Waals surface area contributed by atoms with Gasteiger partial charge in [0.15, 0.2) is 0 Å². The van der Waals surface area contributed by atoms with E-state index in [-0.39, 0.29) is 17.8 Å². The number of piperidine rings is 1. The fraction of sp³-hybridized carbons (Fsp3) is 0.286. The standard InChI is InChI=1S/C28H28FN3O2/c1-20-7-10-24(11-8-20)34-18-15-27(33)31-16-13-23(14-17-31)32-26-19-22(29)9-12-25(26)30-28(32)21-5-3-2-4-6-21/h2-12,19,23H,13-18H2,1H3. The van der Waals surface area contributed by atoms with Gasteiger partial charge in [-0.3, -0.25) is 4.79 Å². The fourth-order valence-corrected chi connectivity index (χ4v) is 4.65. The van der Waals surface area contributed by atoms with Crippen molar-refractivity contribution < 1.29 is 13.9 Å². The summed E-state index contributed by atoms with van der Waals surface area (Å²) in [4.78, 5) is 19.5. The zero-order chi connectivity index (χ0) is 23.5. The van der Waals surface area contributed by atoms with Crippen LogP contribution in [0.4, 0.5) is 4.39 Å². The summed E-state index contributed by atoms with van der Waals surface area (Å²) >= 11 is 0. The summed E-state index contributed by atoms with van der Waals surface area (Å²) < 4.78 is 22.0. The number of benzene rings is 3. The number of hydrogen-bond acceptors (Lipinski definition) is 3. The number of amides is 1. The zero-order valence-corrected chi connectivity index (χ0v) is 19.3. The number of carbonyl (C=O) groups is 1. The second kappa shape index (κ2) is 9.67. The average Bonchev–Trinajstić information content (AvgIpc) is 3.24. The first-order valence-electron chi connectivity index (χ1n) is 11.8. The molecule has 4 aromatic rings. The van der Waals surface area contributed by atoms with E-state index in [1.54, 1.807) is 12.1 Å². The fourth-order valence-electron chi connectivity index (χ4n) is 4.65. The minimum Gasteiger partial charge on any atom is -0.493 e. The van der Waals surface area contributed by atoms with Crippen molar-refractivity contribution in [1.29, 1.82) is 0 Å². The number of rotatable bonds is 6. The summed E-state index contributed by atoms with van der Waals surface area (Å²) in [6, 6.07) is 22.7. The maximum Gasteiger partial charge on any atom is 0.225 e. The summed E-state index contributed by atoms with van der Waals surface area (Å²) in [5.41, 5.74) is 3.77. The number of imidazole rings is 1. The molecular weight excluding hydrogens is 429 g/mol. The van der Waals surface area contributed by atoms with Gasteiger partial charge in [-0.2, -0.15) is 0 Å². The third-order valence-corrected chi connectivity index (χ3v) is 6.47. The molecular formula is C28H28FN3O2. The Kier molecular flexibility index (Phi) is 6.30. The molecule has 1 aliphatic heterocycles. The number of aryl methyl sites for hydroxylation is 1. The van der Waals surface area contributed by atoms with Gasteiger partial charge in [0.1, 0.15) is 17.4 Å². The van der Waals surface area contributed by atoms with E-state index in [4.69, 9.17) is 9.72 Å². The Hall–Kier alpha value is -3.67. The van der Waals surface area contributed by atoms with Crippen LogP contribution in [0.2, 0.25) is 0 Å². The molecule has 0 radical (unpaired) electrons. The molecule has 0 bridgehead atoms. The SMILES string of the molecule is Cc1ccc(OCCC(=O)N2CCC(n3c(-c4ccccc4)nc4ccc(F)cc43)CC2)cc1. The van der Waals surface area contributed by atoms with Gasteiger partial charge in [0.2, 0.25) is 5.91 Å². The summed E-state index contributed by atoms with van der Waals surface area (Å²) in [5, 5.41) is 0. The van der Waals surface area contributed by atoms with Crippen LogP contribution in [0.25, 0.3) is 22.4 Å². The highest BCUT2D eigenvalue weighted by atomic mass is 19.1. The number of halogens is 1. The number of ether oxygens (including phenoxy) is 1. The Morgan fingerprint density at radius 2 is 1.76 bits per heavy atom. The van der Waals surface area contributed by atoms with Crippen molar-refractivity contribution in [1.82, 2.24) is 14.5 Å². The van der Waals surface area contributed by atoms with Gasteiger partial charge >= 0.3 is 0 Å². The number of likely N-dealkylation sites (tertiary alicyclic amines) is 1. The molecule has 0 atom stereocenters. The van der Waals surface area contributed by atoms with Crippen LogP contribution in [0.5, 0.6) is 5.75 Å². The maximum absolute atomic E-state index is 14.1. The van der Waals surface area contributed by atoms with Crippen LogP contribution >= 0.6 is 0 Å². The Bertz CT molecular complexity index is 1280. The maximum atomic E-state index is 14.1. The predicted octanol–water partition coefficient (Wildman–Crippen LogP) is 5.78. The summed E-state index contributed by atoms with van der Waals surface area (Å²) in [6.07, 6.45) is 1.95. The van der Waals surface area contributed by atoms with Gasteiger partial charge in [0.25, 0.3) is 0 Å². The van der Waals surface area contributed by atoms with Crippen molar-refractivity contribution in [2.24, 2.45) is 0 Å². The van der Waals surface area contributed by atoms with Crippen LogP contribution in [-0.2, 0) is 4.79 Å². The van der Waals surface area contributed by atoms with E-state index in [9.17, 15) is 9.18 Å². The summed E-state index contributed by atoms with van der Waals surface area (Å²) in [6.45, 7) is 3.72. The van der Waals surface area contributed by atoms with Gasteiger partial charge in [-0.15, -0.1) is 0 Å². The first kappa shape index (κ1) is 22.1. The van der Waals surface area contributed by atoms with E-state index < -0.39 is 0 Å². The van der Waals surface area contributed by atoms with E-state index in [0.717, 1.165) is 41.0 Å². The third kappa shape index (κ3) is 4.67. The first-order valence-corrected chi connectivity index (χ1v) is 11.8. The number of hydrogen-bond donors (Lipinski definition) is 0. The topological polar surface area (TPSA) is 47.4 Å². The quantitative estimate of drug-likeness (QED) is 0.369. The highest BCUT2D eigenvalue weighted by molar-refractivity contribution is 5.81. The molecule has 0 aliphatic carbocycles. The van der Waals surface area contributed by atoms with Crippen molar-refractivity contribution in [3.63, 3.8) is 0 Å². The number of aromatic nitrogens is 2. The highest BCUT2D eigenvalue weighted by Gasteiger charge is 2.27. The molecule has 174 valence electrons. The van der Waals surface area contributed by atoms with Crippen molar-refractivity contribution in [3.05, 3.63) is 84.2 Å². The number of carbonyl (C=O) groups excluding carboxylic acids is 1. The Balaban J connectivity index is 1.27. The van der Waals surface area contributed by atoms with Crippen molar-refractivity contribution in [2.75, 3.05) is 19.7 Å². The Morgan fingerprint density at radius 1 is 1.03 bits per heavy atom. The molecule has 0 unspecified atom stereocenters. The molecule has 5 rings (SSSR count). The van der Waals surface area contributed by atoms with Gasteiger partial charge in [0, 0.05) is 24.7 Å². The van der Waals surface area contributed by atoms with Crippen LogP contribution < -0.4 is 4.74 Å². The van der Waals surface area contributed by atoms with Gasteiger partial charge in [-0.25, -0.2) is 9.37 Å². The van der Waals surface area contributed by atoms with Gasteiger partial charge in [-0.05, 0) is 50.1 Å². The molecule has 1 aromatic heterocycles. The molecule has 3 aromatic carbocycles. The second-order valence-electron chi connectivity index (χ2n) is 8.83. The minimum absolute atomic E-state index is 0.107. The monoisotopic (exact) mass is 457 g/mol. The molecule has 1 aliphatic rings. The van der Waals surface area contributed by atoms with Crippen molar-refractivity contribution >= 4 is 16.9 Å². The number of nitrogens with zero attached hydrogens (tertiary/aromatic N) is 3. The van der Waals surface area contributed by atoms with Crippen LogP contribution in [0.1, 0.15) is 30.9 Å². The largest absolute Gasteiger partial charge is 0.493 e. The second-order valence-corrected chi connectivity index (χ2v) is 8.83. The molecule has 2 heterocycles. The van der Waals surface area contributed by atoms with Crippen LogP contribution in [-0.4, -0.2) is 40.1 Å². The molecule has 1 fully saturated rings. The zero-order valence-electron chi connectivity index (χ0n) is 19.3. The lowest BCUT2D eigenvalue weighted by Gasteiger charge is -2.33. The van der Waals surface area contributed by atoms with Gasteiger partial charge < -0.3 is 14.2 Å². The minimum atomic E-state index is -0.269. The molecule has 34 heavy (non-hydrogen) atoms. The lowest BCUT2D eigenvalue weighted by molar-refractivity contribution is -0.133. The molecule has 5 nitrogen and oxygen atoms in total. The van der Waals surface area contributed by atoms with Gasteiger partial charge in [0.05, 0.1) is 24.1 Å². The lowest BCUT2D eigenvalue weighted by atomic mass is 10.0. The first-order chi connectivity index (χ1) is 16.6. The van der Waals surface area contributed by atoms with E-state index in [1.165, 1.54) is 11.6 Å². The van der Waals surface area contributed by atoms with E-state index >= 15 is 0 Å². The highest BCUT2D eigenvalue weighted by Crippen LogP contribution is 2.33. The van der Waals surface area contributed by atoms with Crippen LogP contribution in [0.3, 0.4) is 0 Å². The van der Waals surface area contributed by atoms with Gasteiger partial charge in [-0.1, -0.05) is 48.0 Å². The third-order valence-electron chi connectivity index (χ3n) is 6.47. The Labute approximate surface area is 198 Å². The number of fused-ring (bicyclic) bond motifs is 1. The van der Waals surface area contributed by atoms with E-state index in [2.05, 4.69) is 4.57 Å². The molecule has 0 N–H and O–H groups in total. The van der Waals surface area contributed by atoms with Crippen LogP contribution in [0, 0.1) is 12.7 Å². The van der Waals surface area contributed by atoms with Crippen molar-refractivity contribution in [3.8, 4) is 17.1 Å². The van der Waals surface area contributed by atoms with Crippen molar-refractivity contribution in [2.45, 2.75) is 32.2 Å². The van der Waals surface area contributed by atoms with E-state index in [0.29, 0.717) is 26.1 Å². The summed E-state index contributed by atoms with van der Waals surface area (Å²) in [7, 11) is 0. The molecule has 1 amide bonds. The predicted molar refractivity (Wildman–Crippen MR) is 131 cm³/mol. The Morgan fingerprint density at radius 3 is 2.50 bits per heavy atom. The normalized spacial score (nSPS) is 14.5. The average molecular weight is 458 g/mol. The van der Waals surface area contributed by atoms with Crippen LogP contribution in [0.15, 0.2) is 72.8 Å².